The first-order valence-corrected chi connectivity index (χ1v) is 9.21. The Kier molecular flexibility index (Phi) is 9.16. The summed E-state index contributed by atoms with van der Waals surface area (Å²) in [6.07, 6.45) is 0. The molecule has 0 aliphatic carbocycles. The largest absolute Gasteiger partial charge is 1.00 e. The van der Waals surface area contributed by atoms with Gasteiger partial charge in [0.1, 0.15) is 8.24 Å². The first-order chi connectivity index (χ1) is 4.93. The molecular weight excluding hydrogens is 205 g/mol. The fourth-order valence-corrected chi connectivity index (χ4v) is 5.89. The third kappa shape index (κ3) is 5.29. The predicted molar refractivity (Wildman–Crippen MR) is 59.8 cm³/mol. The van der Waals surface area contributed by atoms with E-state index in [-0.39, 0.29) is 52.8 Å². The molecule has 1 nitrogen and oxygen atoms in total. The minimum Gasteiger partial charge on any atom is -1.00 e. The molecule has 0 heterocycles. The standard InChI is InChI=1S/C8H19NSi2.K.H/c1-7-10(8-2)9(3)11(4,5)6;;/h7-8,10H,1-2H2,3-6H3;;/q;+1;-1. The van der Waals surface area contributed by atoms with E-state index in [4.69, 9.17) is 0 Å². The Morgan fingerprint density at radius 2 is 1.58 bits per heavy atom. The zero-order valence-electron chi connectivity index (χ0n) is 10.1. The second-order valence-electron chi connectivity index (χ2n) is 3.74. The quantitative estimate of drug-likeness (QED) is 0.558. The topological polar surface area (TPSA) is 3.24 Å². The summed E-state index contributed by atoms with van der Waals surface area (Å²) in [6, 6.07) is 0. The molecule has 0 rings (SSSR count). The van der Waals surface area contributed by atoms with Crippen molar-refractivity contribution in [1.82, 2.24) is 4.23 Å². The molecule has 0 radical (unpaired) electrons. The van der Waals surface area contributed by atoms with Gasteiger partial charge in [-0.15, -0.1) is 13.2 Å². The van der Waals surface area contributed by atoms with Crippen molar-refractivity contribution in [3.8, 4) is 0 Å². The Labute approximate surface area is 124 Å². The fourth-order valence-electron chi connectivity index (χ4n) is 0.860. The zero-order valence-corrected chi connectivity index (χ0v) is 14.4. The van der Waals surface area contributed by atoms with E-state index in [0.29, 0.717) is 0 Å². The molecule has 0 aromatic rings. The van der Waals surface area contributed by atoms with Crippen LogP contribution in [-0.4, -0.2) is 28.5 Å². The van der Waals surface area contributed by atoms with Gasteiger partial charge in [0.05, 0.1) is 0 Å². The average molecular weight is 226 g/mol. The minimum absolute atomic E-state index is 0. The first kappa shape index (κ1) is 16.0. The van der Waals surface area contributed by atoms with Crippen LogP contribution in [0.1, 0.15) is 1.43 Å². The molecule has 0 aliphatic heterocycles. The SMILES string of the molecule is C=C[SiH](C=C)N(C)[Si](C)(C)C.[H-].[K+]. The molecule has 0 aromatic carbocycles. The van der Waals surface area contributed by atoms with Gasteiger partial charge >= 0.3 is 51.4 Å². The molecular formula is C8H20KNSi2. The Balaban J connectivity index is -0.000000500. The van der Waals surface area contributed by atoms with Gasteiger partial charge in [0.2, 0.25) is 0 Å². The molecule has 0 unspecified atom stereocenters. The molecule has 0 amide bonds. The summed E-state index contributed by atoms with van der Waals surface area (Å²) in [5.41, 5.74) is 4.15. The van der Waals surface area contributed by atoms with Crippen LogP contribution in [0.15, 0.2) is 24.6 Å². The molecule has 66 valence electrons. The summed E-state index contributed by atoms with van der Waals surface area (Å²) in [7, 11) is 0.0994. The smallest absolute Gasteiger partial charge is 1.00 e. The summed E-state index contributed by atoms with van der Waals surface area (Å²) in [5.74, 6) is 0. The molecule has 0 aromatic heterocycles. The van der Waals surface area contributed by atoms with Gasteiger partial charge in [-0.2, -0.15) is 0 Å². The third-order valence-corrected chi connectivity index (χ3v) is 9.18. The third-order valence-electron chi connectivity index (χ3n) is 1.99. The van der Waals surface area contributed by atoms with E-state index in [0.717, 1.165) is 0 Å². The molecule has 12 heavy (non-hydrogen) atoms. The Morgan fingerprint density at radius 3 is 1.67 bits per heavy atom. The Bertz CT molecular complexity index is 151. The van der Waals surface area contributed by atoms with Crippen LogP contribution in [0.2, 0.25) is 19.6 Å². The molecule has 0 saturated carbocycles. The van der Waals surface area contributed by atoms with E-state index in [2.05, 4.69) is 55.5 Å². The summed E-state index contributed by atoms with van der Waals surface area (Å²) >= 11 is 0. The number of hydrogen-bond donors (Lipinski definition) is 0. The van der Waals surface area contributed by atoms with Crippen LogP contribution in [0.25, 0.3) is 0 Å². The summed E-state index contributed by atoms with van der Waals surface area (Å²) in [4.78, 5) is 0. The zero-order chi connectivity index (χ0) is 9.07. The van der Waals surface area contributed by atoms with Gasteiger partial charge < -0.3 is 5.66 Å². The fraction of sp³-hybridized carbons (Fsp3) is 0.500. The van der Waals surface area contributed by atoms with Gasteiger partial charge in [-0.25, -0.2) is 0 Å². The van der Waals surface area contributed by atoms with Crippen LogP contribution in [0, 0.1) is 0 Å². The van der Waals surface area contributed by atoms with E-state index in [1.165, 1.54) is 0 Å². The van der Waals surface area contributed by atoms with Crippen molar-refractivity contribution in [3.63, 3.8) is 0 Å². The molecule has 0 bridgehead atoms. The van der Waals surface area contributed by atoms with E-state index in [1.807, 2.05) is 0 Å². The molecule has 0 aliphatic rings. The van der Waals surface area contributed by atoms with Crippen LogP contribution in [-0.2, 0) is 0 Å². The first-order valence-electron chi connectivity index (χ1n) is 3.91. The van der Waals surface area contributed by atoms with Crippen LogP contribution < -0.4 is 51.4 Å². The van der Waals surface area contributed by atoms with Crippen molar-refractivity contribution < 1.29 is 52.8 Å². The van der Waals surface area contributed by atoms with Crippen LogP contribution in [0.4, 0.5) is 0 Å². The van der Waals surface area contributed by atoms with Crippen LogP contribution >= 0.6 is 0 Å². The molecule has 0 fully saturated rings. The summed E-state index contributed by atoms with van der Waals surface area (Å²) < 4.78 is 2.51. The summed E-state index contributed by atoms with van der Waals surface area (Å²) in [6.45, 7) is 14.7. The van der Waals surface area contributed by atoms with Crippen molar-refractivity contribution in [2.75, 3.05) is 7.05 Å². The van der Waals surface area contributed by atoms with Crippen LogP contribution in [0.3, 0.4) is 0 Å². The van der Waals surface area contributed by atoms with Crippen molar-refractivity contribution in [1.29, 1.82) is 0 Å². The Hall–Kier alpha value is 1.51. The maximum atomic E-state index is 3.84. The summed E-state index contributed by atoms with van der Waals surface area (Å²) in [5, 5.41) is 0. The van der Waals surface area contributed by atoms with Crippen LogP contribution in [0.5, 0.6) is 0 Å². The monoisotopic (exact) mass is 225 g/mol. The van der Waals surface area contributed by atoms with Gasteiger partial charge in [-0.3, -0.25) is 0 Å². The van der Waals surface area contributed by atoms with Gasteiger partial charge in [-0.1, -0.05) is 31.0 Å². The van der Waals surface area contributed by atoms with Gasteiger partial charge in [0, 0.05) is 0 Å². The van der Waals surface area contributed by atoms with Gasteiger partial charge in [0.25, 0.3) is 0 Å². The molecule has 0 spiro atoms. The Morgan fingerprint density at radius 1 is 1.25 bits per heavy atom. The van der Waals surface area contributed by atoms with Gasteiger partial charge in [-0.05, 0) is 7.05 Å². The molecule has 0 saturated heterocycles. The number of rotatable bonds is 4. The van der Waals surface area contributed by atoms with Crippen molar-refractivity contribution in [3.05, 3.63) is 24.6 Å². The minimum atomic E-state index is -1.11. The van der Waals surface area contributed by atoms with Gasteiger partial charge in [0.15, 0.2) is 8.96 Å². The second-order valence-corrected chi connectivity index (χ2v) is 12.0. The maximum absolute atomic E-state index is 3.84. The number of hydrogen-bond acceptors (Lipinski definition) is 1. The molecule has 0 N–H and O–H groups in total. The predicted octanol–water partition coefficient (Wildman–Crippen LogP) is -0.956. The second kappa shape index (κ2) is 6.89. The van der Waals surface area contributed by atoms with Crippen molar-refractivity contribution in [2.24, 2.45) is 0 Å². The van der Waals surface area contributed by atoms with E-state index < -0.39 is 17.2 Å². The number of nitrogens with zero attached hydrogens (tertiary/aromatic N) is 1. The average Bonchev–Trinajstić information content (AvgIpc) is 1.88. The molecule has 4 heteroatoms. The maximum Gasteiger partial charge on any atom is 1.00 e. The van der Waals surface area contributed by atoms with Crippen molar-refractivity contribution in [2.45, 2.75) is 19.6 Å². The van der Waals surface area contributed by atoms with E-state index >= 15 is 0 Å². The van der Waals surface area contributed by atoms with E-state index in [9.17, 15) is 0 Å². The van der Waals surface area contributed by atoms with E-state index in [1.54, 1.807) is 0 Å². The molecule has 0 atom stereocenters. The normalized spacial score (nSPS) is 11.2. The van der Waals surface area contributed by atoms with Crippen molar-refractivity contribution >= 4 is 17.2 Å².